The molecule has 3 aromatic rings. The van der Waals surface area contributed by atoms with Crippen LogP contribution in [0.4, 0.5) is 11.4 Å². The number of nitrogens with zero attached hydrogens (tertiary/aromatic N) is 4. The summed E-state index contributed by atoms with van der Waals surface area (Å²) in [4.78, 5) is 22.3. The summed E-state index contributed by atoms with van der Waals surface area (Å²) in [6.07, 6.45) is 0. The van der Waals surface area contributed by atoms with E-state index < -0.39 is 4.92 Å². The summed E-state index contributed by atoms with van der Waals surface area (Å²) in [6.45, 7) is 3.42. The van der Waals surface area contributed by atoms with E-state index in [0.717, 1.165) is 11.8 Å². The number of nitro groups is 1. The predicted octanol–water partition coefficient (Wildman–Crippen LogP) is 2.98. The Kier molecular flexibility index (Phi) is 4.98. The maximum Gasteiger partial charge on any atom is 0.277 e. The highest BCUT2D eigenvalue weighted by Gasteiger charge is 2.15. The summed E-state index contributed by atoms with van der Waals surface area (Å²) < 4.78 is 10.3. The molecule has 0 bridgehead atoms. The molecule has 0 aliphatic rings. The number of hydrogen-bond donors (Lipinski definition) is 1. The standard InChI is InChI=1S/C15H13N5O5S/c1-8-5-10(20(22)23)3-4-11(8)16-13(21)7-26-15-18-17-14(24-15)12-6-9(2)25-19-12/h3-6H,7H2,1-2H3,(H,16,21). The molecule has 0 aliphatic heterocycles. The van der Waals surface area contributed by atoms with Gasteiger partial charge in [0, 0.05) is 23.9 Å². The van der Waals surface area contributed by atoms with Gasteiger partial charge in [0.15, 0.2) is 5.69 Å². The van der Waals surface area contributed by atoms with Crippen molar-refractivity contribution in [1.82, 2.24) is 15.4 Å². The van der Waals surface area contributed by atoms with Crippen molar-refractivity contribution in [3.63, 3.8) is 0 Å². The van der Waals surface area contributed by atoms with E-state index in [-0.39, 0.29) is 28.5 Å². The van der Waals surface area contributed by atoms with Crippen LogP contribution in [0.1, 0.15) is 11.3 Å². The maximum absolute atomic E-state index is 12.1. The SMILES string of the molecule is Cc1cc(-c2nnc(SCC(=O)Nc3ccc([N+](=O)[O-])cc3C)o2)no1. The van der Waals surface area contributed by atoms with Gasteiger partial charge >= 0.3 is 0 Å². The van der Waals surface area contributed by atoms with Gasteiger partial charge in [0.2, 0.25) is 5.91 Å². The molecule has 2 heterocycles. The minimum Gasteiger partial charge on any atom is -0.409 e. The van der Waals surface area contributed by atoms with E-state index in [1.54, 1.807) is 19.9 Å². The Labute approximate surface area is 151 Å². The molecule has 0 aliphatic carbocycles. The number of carbonyl (C=O) groups is 1. The fraction of sp³-hybridized carbons (Fsp3) is 0.200. The molecular weight excluding hydrogens is 362 g/mol. The third-order valence-electron chi connectivity index (χ3n) is 3.28. The topological polar surface area (TPSA) is 137 Å². The van der Waals surface area contributed by atoms with Crippen molar-refractivity contribution in [2.45, 2.75) is 19.1 Å². The molecule has 1 aromatic carbocycles. The number of thioether (sulfide) groups is 1. The van der Waals surface area contributed by atoms with Crippen molar-refractivity contribution in [3.8, 4) is 11.6 Å². The van der Waals surface area contributed by atoms with Crippen LogP contribution in [-0.4, -0.2) is 31.9 Å². The van der Waals surface area contributed by atoms with Crippen LogP contribution in [-0.2, 0) is 4.79 Å². The summed E-state index contributed by atoms with van der Waals surface area (Å²) in [7, 11) is 0. The average molecular weight is 375 g/mol. The molecule has 10 nitrogen and oxygen atoms in total. The van der Waals surface area contributed by atoms with Crippen molar-refractivity contribution in [1.29, 1.82) is 0 Å². The smallest absolute Gasteiger partial charge is 0.277 e. The third kappa shape index (κ3) is 4.06. The highest BCUT2D eigenvalue weighted by Crippen LogP contribution is 2.24. The highest BCUT2D eigenvalue weighted by atomic mass is 32.2. The maximum atomic E-state index is 12.1. The number of amides is 1. The zero-order chi connectivity index (χ0) is 18.7. The Morgan fingerprint density at radius 3 is 2.77 bits per heavy atom. The van der Waals surface area contributed by atoms with Gasteiger partial charge in [-0.2, -0.15) is 0 Å². The molecule has 0 saturated carbocycles. The normalized spacial score (nSPS) is 10.7. The van der Waals surface area contributed by atoms with E-state index in [9.17, 15) is 14.9 Å². The van der Waals surface area contributed by atoms with Crippen LogP contribution in [0.2, 0.25) is 0 Å². The van der Waals surface area contributed by atoms with Crippen molar-refractivity contribution in [3.05, 3.63) is 45.7 Å². The lowest BCUT2D eigenvalue weighted by Gasteiger charge is -2.07. The Balaban J connectivity index is 1.58. The minimum absolute atomic E-state index is 0.0312. The number of non-ortho nitro benzene ring substituents is 1. The van der Waals surface area contributed by atoms with Crippen LogP contribution in [0.15, 0.2) is 38.4 Å². The molecular formula is C15H13N5O5S. The van der Waals surface area contributed by atoms with Gasteiger partial charge in [0.1, 0.15) is 5.76 Å². The second-order valence-electron chi connectivity index (χ2n) is 5.29. The fourth-order valence-corrected chi connectivity index (χ4v) is 2.62. The average Bonchev–Trinajstić information content (AvgIpc) is 3.23. The van der Waals surface area contributed by atoms with Crippen LogP contribution in [0.3, 0.4) is 0 Å². The van der Waals surface area contributed by atoms with E-state index in [2.05, 4.69) is 20.7 Å². The van der Waals surface area contributed by atoms with Crippen molar-refractivity contribution < 1.29 is 18.7 Å². The Hall–Kier alpha value is -3.21. The highest BCUT2D eigenvalue weighted by molar-refractivity contribution is 7.99. The first kappa shape index (κ1) is 17.6. The summed E-state index contributed by atoms with van der Waals surface area (Å²) in [5.41, 5.74) is 1.49. The second-order valence-corrected chi connectivity index (χ2v) is 6.22. The number of aryl methyl sites for hydroxylation is 2. The number of carbonyl (C=O) groups excluding carboxylic acids is 1. The van der Waals surface area contributed by atoms with Gasteiger partial charge in [-0.05, 0) is 25.5 Å². The molecule has 134 valence electrons. The van der Waals surface area contributed by atoms with Crippen LogP contribution in [0, 0.1) is 24.0 Å². The van der Waals surface area contributed by atoms with E-state index in [1.807, 2.05) is 0 Å². The molecule has 0 unspecified atom stereocenters. The summed E-state index contributed by atoms with van der Waals surface area (Å²) in [6, 6.07) is 5.88. The summed E-state index contributed by atoms with van der Waals surface area (Å²) in [5, 5.41) is 25.1. The number of anilines is 1. The summed E-state index contributed by atoms with van der Waals surface area (Å²) in [5.74, 6) is 0.556. The predicted molar refractivity (Wildman–Crippen MR) is 91.7 cm³/mol. The third-order valence-corrected chi connectivity index (χ3v) is 4.09. The number of benzene rings is 1. The molecule has 0 fully saturated rings. The lowest BCUT2D eigenvalue weighted by molar-refractivity contribution is -0.384. The first-order valence-corrected chi connectivity index (χ1v) is 8.36. The molecule has 2 aromatic heterocycles. The molecule has 0 atom stereocenters. The van der Waals surface area contributed by atoms with Crippen molar-refractivity contribution >= 4 is 29.0 Å². The molecule has 0 radical (unpaired) electrons. The molecule has 11 heteroatoms. The minimum atomic E-state index is -0.488. The van der Waals surface area contributed by atoms with Gasteiger partial charge in [-0.15, -0.1) is 10.2 Å². The Bertz CT molecular complexity index is 967. The Morgan fingerprint density at radius 2 is 2.12 bits per heavy atom. The number of aromatic nitrogens is 3. The quantitative estimate of drug-likeness (QED) is 0.391. The van der Waals surface area contributed by atoms with E-state index in [0.29, 0.717) is 22.7 Å². The van der Waals surface area contributed by atoms with Gasteiger partial charge in [-0.25, -0.2) is 0 Å². The van der Waals surface area contributed by atoms with Gasteiger partial charge in [0.05, 0.1) is 10.7 Å². The fourth-order valence-electron chi connectivity index (χ4n) is 2.05. The number of rotatable bonds is 6. The number of hydrogen-bond acceptors (Lipinski definition) is 9. The number of nitrogens with one attached hydrogen (secondary N) is 1. The summed E-state index contributed by atoms with van der Waals surface area (Å²) >= 11 is 1.07. The molecule has 3 rings (SSSR count). The molecule has 1 N–H and O–H groups in total. The Morgan fingerprint density at radius 1 is 1.31 bits per heavy atom. The van der Waals surface area contributed by atoms with Gasteiger partial charge in [-0.1, -0.05) is 16.9 Å². The lowest BCUT2D eigenvalue weighted by atomic mass is 10.2. The molecule has 0 spiro atoms. The van der Waals surface area contributed by atoms with Crippen LogP contribution in [0.5, 0.6) is 0 Å². The van der Waals surface area contributed by atoms with Gasteiger partial charge in [-0.3, -0.25) is 14.9 Å². The molecule has 26 heavy (non-hydrogen) atoms. The van der Waals surface area contributed by atoms with Gasteiger partial charge in [0.25, 0.3) is 16.8 Å². The lowest BCUT2D eigenvalue weighted by Crippen LogP contribution is -2.14. The first-order chi connectivity index (χ1) is 12.4. The van der Waals surface area contributed by atoms with Crippen LogP contribution >= 0.6 is 11.8 Å². The van der Waals surface area contributed by atoms with Crippen molar-refractivity contribution in [2.75, 3.05) is 11.1 Å². The largest absolute Gasteiger partial charge is 0.409 e. The van der Waals surface area contributed by atoms with E-state index in [1.165, 1.54) is 18.2 Å². The van der Waals surface area contributed by atoms with E-state index in [4.69, 9.17) is 8.94 Å². The zero-order valence-electron chi connectivity index (χ0n) is 13.8. The number of nitro benzene ring substituents is 1. The second kappa shape index (κ2) is 7.35. The van der Waals surface area contributed by atoms with Crippen molar-refractivity contribution in [2.24, 2.45) is 0 Å². The monoisotopic (exact) mass is 375 g/mol. The molecule has 0 saturated heterocycles. The first-order valence-electron chi connectivity index (χ1n) is 7.37. The molecule has 1 amide bonds. The van der Waals surface area contributed by atoms with E-state index >= 15 is 0 Å². The van der Waals surface area contributed by atoms with Crippen LogP contribution in [0.25, 0.3) is 11.6 Å². The van der Waals surface area contributed by atoms with Gasteiger partial charge < -0.3 is 14.3 Å². The van der Waals surface area contributed by atoms with Crippen LogP contribution < -0.4 is 5.32 Å². The zero-order valence-corrected chi connectivity index (χ0v) is 14.6.